The highest BCUT2D eigenvalue weighted by Gasteiger charge is 1.99. The fraction of sp³-hybridized carbons (Fsp3) is 0.571. The van der Waals surface area contributed by atoms with Gasteiger partial charge in [-0.2, -0.15) is 0 Å². The van der Waals surface area contributed by atoms with Gasteiger partial charge in [0.1, 0.15) is 0 Å². The van der Waals surface area contributed by atoms with Crippen molar-refractivity contribution in [3.05, 3.63) is 12.4 Å². The van der Waals surface area contributed by atoms with E-state index in [4.69, 9.17) is 0 Å². The predicted molar refractivity (Wildman–Crippen MR) is 50.7 cm³/mol. The third kappa shape index (κ3) is 2.34. The fourth-order valence-corrected chi connectivity index (χ4v) is 1.40. The van der Waals surface area contributed by atoms with Crippen molar-refractivity contribution in [2.75, 3.05) is 24.4 Å². The molecule has 0 amide bonds. The molecule has 0 aromatic carbocycles. The summed E-state index contributed by atoms with van der Waals surface area (Å²) in [4.78, 5) is 4.07. The van der Waals surface area contributed by atoms with Gasteiger partial charge in [-0.3, -0.25) is 4.21 Å². The minimum atomic E-state index is -0.737. The molecule has 0 saturated heterocycles. The van der Waals surface area contributed by atoms with E-state index in [1.807, 2.05) is 17.8 Å². The van der Waals surface area contributed by atoms with Crippen molar-refractivity contribution in [2.45, 2.75) is 6.54 Å². The molecule has 0 aliphatic rings. The first-order valence-electron chi connectivity index (χ1n) is 3.73. The van der Waals surface area contributed by atoms with Gasteiger partial charge in [-0.05, 0) is 0 Å². The molecule has 4 nitrogen and oxygen atoms in total. The molecule has 12 heavy (non-hydrogen) atoms. The van der Waals surface area contributed by atoms with Crippen LogP contribution in [-0.2, 0) is 17.3 Å². The Bertz CT molecular complexity index is 271. The van der Waals surface area contributed by atoms with Crippen molar-refractivity contribution < 1.29 is 4.21 Å². The highest BCUT2D eigenvalue weighted by Crippen LogP contribution is 2.02. The van der Waals surface area contributed by atoms with E-state index >= 15 is 0 Å². The van der Waals surface area contributed by atoms with Gasteiger partial charge in [0.25, 0.3) is 0 Å². The zero-order chi connectivity index (χ0) is 8.97. The molecule has 1 aromatic rings. The van der Waals surface area contributed by atoms with Crippen molar-refractivity contribution >= 4 is 16.7 Å². The summed E-state index contributed by atoms with van der Waals surface area (Å²) in [6.45, 7) is 0.749. The smallest absolute Gasteiger partial charge is 0.202 e. The van der Waals surface area contributed by atoms with Crippen LogP contribution in [0.15, 0.2) is 12.4 Å². The van der Waals surface area contributed by atoms with Gasteiger partial charge < -0.3 is 9.88 Å². The fourth-order valence-electron chi connectivity index (χ4n) is 0.945. The molecule has 0 aliphatic carbocycles. The molecular formula is C7H13N3OS. The Morgan fingerprint density at radius 2 is 2.50 bits per heavy atom. The highest BCUT2D eigenvalue weighted by molar-refractivity contribution is 7.84. The molecule has 1 atom stereocenters. The number of nitrogens with one attached hydrogen (secondary N) is 1. The number of aromatic nitrogens is 2. The average Bonchev–Trinajstić information content (AvgIpc) is 2.47. The molecule has 68 valence electrons. The minimum Gasteiger partial charge on any atom is -0.359 e. The molecule has 1 heterocycles. The van der Waals surface area contributed by atoms with Gasteiger partial charge in [0.05, 0.1) is 0 Å². The molecule has 0 spiro atoms. The first-order chi connectivity index (χ1) is 5.74. The van der Waals surface area contributed by atoms with Crippen molar-refractivity contribution in [3.8, 4) is 0 Å². The van der Waals surface area contributed by atoms with Crippen LogP contribution < -0.4 is 5.32 Å². The lowest BCUT2D eigenvalue weighted by Gasteiger charge is -2.04. The highest BCUT2D eigenvalue weighted by atomic mass is 32.2. The van der Waals surface area contributed by atoms with Gasteiger partial charge in [0.2, 0.25) is 5.95 Å². The average molecular weight is 187 g/mol. The Kier molecular flexibility index (Phi) is 3.28. The largest absolute Gasteiger partial charge is 0.359 e. The van der Waals surface area contributed by atoms with Crippen LogP contribution in [0.1, 0.15) is 0 Å². The first-order valence-corrected chi connectivity index (χ1v) is 5.45. The lowest BCUT2D eigenvalue weighted by atomic mass is 10.7. The summed E-state index contributed by atoms with van der Waals surface area (Å²) < 4.78 is 12.7. The topological polar surface area (TPSA) is 46.9 Å². The second-order valence-corrected chi connectivity index (χ2v) is 4.03. The monoisotopic (exact) mass is 187 g/mol. The number of imidazole rings is 1. The van der Waals surface area contributed by atoms with Crippen molar-refractivity contribution in [3.63, 3.8) is 0 Å². The summed E-state index contributed by atoms with van der Waals surface area (Å²) in [5, 5.41) is 2.95. The van der Waals surface area contributed by atoms with Crippen LogP contribution >= 0.6 is 0 Å². The van der Waals surface area contributed by atoms with E-state index in [9.17, 15) is 4.21 Å². The standard InChI is InChI=1S/C7H13N3OS/c1-8-7-9-3-4-10(7)5-6-12(2)11/h3-4H,5-6H2,1-2H3,(H,8,9). The number of anilines is 1. The van der Waals surface area contributed by atoms with Gasteiger partial charge in [0, 0.05) is 48.8 Å². The normalized spacial score (nSPS) is 12.8. The summed E-state index contributed by atoms with van der Waals surface area (Å²) >= 11 is 0. The minimum absolute atomic E-state index is 0.672. The summed E-state index contributed by atoms with van der Waals surface area (Å²) in [5.41, 5.74) is 0. The van der Waals surface area contributed by atoms with Crippen molar-refractivity contribution in [1.29, 1.82) is 0 Å². The summed E-state index contributed by atoms with van der Waals surface area (Å²) in [6.07, 6.45) is 5.30. The van der Waals surface area contributed by atoms with Gasteiger partial charge in [-0.1, -0.05) is 0 Å². The molecule has 0 saturated carbocycles. The van der Waals surface area contributed by atoms with Gasteiger partial charge in [0.15, 0.2) is 0 Å². The van der Waals surface area contributed by atoms with Crippen LogP contribution in [0, 0.1) is 0 Å². The SMILES string of the molecule is CNc1nccn1CCS(C)=O. The Morgan fingerprint density at radius 1 is 1.75 bits per heavy atom. The number of nitrogens with zero attached hydrogens (tertiary/aromatic N) is 2. The third-order valence-corrected chi connectivity index (χ3v) is 2.32. The van der Waals surface area contributed by atoms with E-state index in [0.717, 1.165) is 12.5 Å². The molecule has 0 bridgehead atoms. The Hall–Kier alpha value is -0.840. The predicted octanol–water partition coefficient (Wildman–Crippen LogP) is 0.303. The Morgan fingerprint density at radius 3 is 3.08 bits per heavy atom. The molecule has 5 heteroatoms. The number of aryl methyl sites for hydroxylation is 1. The summed E-state index contributed by atoms with van der Waals surface area (Å²) in [7, 11) is 1.08. The quantitative estimate of drug-likeness (QED) is 0.737. The summed E-state index contributed by atoms with van der Waals surface area (Å²) in [5.74, 6) is 1.49. The van der Waals surface area contributed by atoms with Crippen LogP contribution in [0.3, 0.4) is 0 Å². The molecule has 1 rings (SSSR count). The third-order valence-electron chi connectivity index (χ3n) is 1.56. The van der Waals surface area contributed by atoms with Crippen LogP contribution in [0.5, 0.6) is 0 Å². The molecule has 0 radical (unpaired) electrons. The molecule has 0 fully saturated rings. The van der Waals surface area contributed by atoms with Gasteiger partial charge in [-0.25, -0.2) is 4.98 Å². The van der Waals surface area contributed by atoms with E-state index in [-0.39, 0.29) is 0 Å². The first kappa shape index (κ1) is 9.25. The lowest BCUT2D eigenvalue weighted by Crippen LogP contribution is -2.08. The maximum absolute atomic E-state index is 10.8. The van der Waals surface area contributed by atoms with Crippen molar-refractivity contribution in [1.82, 2.24) is 9.55 Å². The van der Waals surface area contributed by atoms with Crippen LogP contribution in [0.2, 0.25) is 0 Å². The van der Waals surface area contributed by atoms with E-state index < -0.39 is 10.8 Å². The maximum atomic E-state index is 10.8. The summed E-state index contributed by atoms with van der Waals surface area (Å²) in [6, 6.07) is 0. The van der Waals surface area contributed by atoms with Crippen LogP contribution in [-0.4, -0.2) is 32.8 Å². The van der Waals surface area contributed by atoms with E-state index in [0.29, 0.717) is 5.75 Å². The van der Waals surface area contributed by atoms with Crippen molar-refractivity contribution in [2.24, 2.45) is 0 Å². The van der Waals surface area contributed by atoms with E-state index in [1.165, 1.54) is 0 Å². The molecule has 1 aromatic heterocycles. The molecule has 0 aliphatic heterocycles. The van der Waals surface area contributed by atoms with E-state index in [2.05, 4.69) is 10.3 Å². The van der Waals surface area contributed by atoms with Gasteiger partial charge >= 0.3 is 0 Å². The second kappa shape index (κ2) is 4.25. The molecule has 1 unspecified atom stereocenters. The molecule has 1 N–H and O–H groups in total. The number of rotatable bonds is 4. The van der Waals surface area contributed by atoms with E-state index in [1.54, 1.807) is 12.5 Å². The zero-order valence-electron chi connectivity index (χ0n) is 7.28. The number of hydrogen-bond donors (Lipinski definition) is 1. The maximum Gasteiger partial charge on any atom is 0.202 e. The zero-order valence-corrected chi connectivity index (χ0v) is 8.10. The van der Waals surface area contributed by atoms with Crippen LogP contribution in [0.25, 0.3) is 0 Å². The Labute approximate surface area is 74.5 Å². The molecular weight excluding hydrogens is 174 g/mol. The Balaban J connectivity index is 2.56. The van der Waals surface area contributed by atoms with Gasteiger partial charge in [-0.15, -0.1) is 0 Å². The second-order valence-electron chi connectivity index (χ2n) is 2.47. The van der Waals surface area contributed by atoms with Crippen LogP contribution in [0.4, 0.5) is 5.95 Å². The lowest BCUT2D eigenvalue weighted by molar-refractivity contribution is 0.678. The number of hydrogen-bond acceptors (Lipinski definition) is 3.